The van der Waals surface area contributed by atoms with E-state index in [0.29, 0.717) is 11.3 Å². The van der Waals surface area contributed by atoms with Gasteiger partial charge in [0.25, 0.3) is 5.91 Å². The summed E-state index contributed by atoms with van der Waals surface area (Å²) in [5.74, 6) is 0.595. The fourth-order valence-corrected chi connectivity index (χ4v) is 2.46. The first-order valence-corrected chi connectivity index (χ1v) is 7.17. The normalized spacial score (nSPS) is 14.2. The van der Waals surface area contributed by atoms with Gasteiger partial charge in [-0.25, -0.2) is 9.97 Å². The van der Waals surface area contributed by atoms with Crippen LogP contribution in [-0.4, -0.2) is 29.0 Å². The van der Waals surface area contributed by atoms with Gasteiger partial charge in [-0.2, -0.15) is 0 Å². The molecule has 1 aliphatic heterocycles. The monoisotopic (exact) mass is 282 g/mol. The van der Waals surface area contributed by atoms with Gasteiger partial charge in [-0.3, -0.25) is 4.79 Å². The average molecular weight is 282 g/mol. The lowest BCUT2D eigenvalue weighted by Gasteiger charge is -2.14. The molecule has 5 heteroatoms. The minimum atomic E-state index is -0.142. The Balaban J connectivity index is 1.68. The molecule has 1 saturated heterocycles. The second-order valence-corrected chi connectivity index (χ2v) is 5.29. The van der Waals surface area contributed by atoms with Gasteiger partial charge in [-0.1, -0.05) is 17.7 Å². The van der Waals surface area contributed by atoms with Crippen LogP contribution >= 0.6 is 0 Å². The number of anilines is 2. The van der Waals surface area contributed by atoms with Gasteiger partial charge in [-0.05, 0) is 31.9 Å². The lowest BCUT2D eigenvalue weighted by atomic mass is 10.1. The molecule has 1 N–H and O–H groups in total. The molecule has 1 amide bonds. The smallest absolute Gasteiger partial charge is 0.255 e. The van der Waals surface area contributed by atoms with Crippen LogP contribution in [-0.2, 0) is 0 Å². The number of hydrogen-bond acceptors (Lipinski definition) is 4. The third kappa shape index (κ3) is 3.18. The van der Waals surface area contributed by atoms with E-state index in [4.69, 9.17) is 0 Å². The standard InChI is InChI=1S/C16H18N4O/c1-12-5-4-6-13(9-12)15(21)19-14-10-17-16(18-11-14)20-7-2-3-8-20/h4-6,9-11H,2-3,7-8H2,1H3,(H,19,21). The van der Waals surface area contributed by atoms with Crippen molar-refractivity contribution >= 4 is 17.5 Å². The Labute approximate surface area is 124 Å². The van der Waals surface area contributed by atoms with E-state index in [0.717, 1.165) is 24.6 Å². The zero-order chi connectivity index (χ0) is 14.7. The van der Waals surface area contributed by atoms with Gasteiger partial charge >= 0.3 is 0 Å². The van der Waals surface area contributed by atoms with Gasteiger partial charge in [-0.15, -0.1) is 0 Å². The van der Waals surface area contributed by atoms with Crippen LogP contribution in [0.3, 0.4) is 0 Å². The van der Waals surface area contributed by atoms with Crippen molar-refractivity contribution in [2.24, 2.45) is 0 Å². The molecule has 0 saturated carbocycles. The number of amides is 1. The summed E-state index contributed by atoms with van der Waals surface area (Å²) in [6, 6.07) is 7.48. The lowest BCUT2D eigenvalue weighted by Crippen LogP contribution is -2.20. The number of rotatable bonds is 3. The number of carbonyl (C=O) groups is 1. The Morgan fingerprint density at radius 3 is 2.57 bits per heavy atom. The van der Waals surface area contributed by atoms with Crippen LogP contribution in [0.4, 0.5) is 11.6 Å². The quantitative estimate of drug-likeness (QED) is 0.940. The first-order valence-electron chi connectivity index (χ1n) is 7.17. The zero-order valence-electron chi connectivity index (χ0n) is 12.0. The summed E-state index contributed by atoms with van der Waals surface area (Å²) < 4.78 is 0. The van der Waals surface area contributed by atoms with Gasteiger partial charge in [0.15, 0.2) is 0 Å². The molecule has 0 radical (unpaired) electrons. The molecular weight excluding hydrogens is 264 g/mol. The van der Waals surface area contributed by atoms with Crippen molar-refractivity contribution in [3.8, 4) is 0 Å². The number of hydrogen-bond donors (Lipinski definition) is 1. The van der Waals surface area contributed by atoms with Crippen molar-refractivity contribution < 1.29 is 4.79 Å². The minimum Gasteiger partial charge on any atom is -0.341 e. The van der Waals surface area contributed by atoms with E-state index in [1.54, 1.807) is 18.5 Å². The molecule has 1 aromatic heterocycles. The Bertz CT molecular complexity index is 633. The molecule has 0 unspecified atom stereocenters. The summed E-state index contributed by atoms with van der Waals surface area (Å²) in [4.78, 5) is 22.9. The van der Waals surface area contributed by atoms with Crippen LogP contribution < -0.4 is 10.2 Å². The zero-order valence-corrected chi connectivity index (χ0v) is 12.0. The maximum absolute atomic E-state index is 12.1. The molecule has 0 aliphatic carbocycles. The fraction of sp³-hybridized carbons (Fsp3) is 0.312. The first-order chi connectivity index (χ1) is 10.2. The van der Waals surface area contributed by atoms with E-state index in [9.17, 15) is 4.79 Å². The summed E-state index contributed by atoms with van der Waals surface area (Å²) in [5.41, 5.74) is 2.31. The Hall–Kier alpha value is -2.43. The summed E-state index contributed by atoms with van der Waals surface area (Å²) in [6.07, 6.45) is 5.70. The Kier molecular flexibility index (Phi) is 3.81. The largest absolute Gasteiger partial charge is 0.341 e. The van der Waals surface area contributed by atoms with Crippen LogP contribution in [0, 0.1) is 6.92 Å². The number of carbonyl (C=O) groups excluding carboxylic acids is 1. The third-order valence-corrected chi connectivity index (χ3v) is 3.57. The highest BCUT2D eigenvalue weighted by Crippen LogP contribution is 2.16. The molecule has 5 nitrogen and oxygen atoms in total. The van der Waals surface area contributed by atoms with E-state index >= 15 is 0 Å². The first kappa shape index (κ1) is 13.5. The Morgan fingerprint density at radius 1 is 1.19 bits per heavy atom. The molecule has 108 valence electrons. The molecule has 0 atom stereocenters. The van der Waals surface area contributed by atoms with Gasteiger partial charge in [0.1, 0.15) is 0 Å². The van der Waals surface area contributed by atoms with Crippen LogP contribution in [0.25, 0.3) is 0 Å². The highest BCUT2D eigenvalue weighted by molar-refractivity contribution is 6.04. The van der Waals surface area contributed by atoms with Crippen molar-refractivity contribution in [3.05, 3.63) is 47.8 Å². The van der Waals surface area contributed by atoms with Gasteiger partial charge in [0.2, 0.25) is 5.95 Å². The van der Waals surface area contributed by atoms with E-state index in [1.165, 1.54) is 12.8 Å². The molecule has 0 spiro atoms. The van der Waals surface area contributed by atoms with Gasteiger partial charge in [0, 0.05) is 18.7 Å². The number of benzene rings is 1. The van der Waals surface area contributed by atoms with Crippen molar-refractivity contribution in [2.75, 3.05) is 23.3 Å². The molecular formula is C16H18N4O. The SMILES string of the molecule is Cc1cccc(C(=O)Nc2cnc(N3CCCC3)nc2)c1. The van der Waals surface area contributed by atoms with Gasteiger partial charge in [0.05, 0.1) is 18.1 Å². The lowest BCUT2D eigenvalue weighted by molar-refractivity contribution is 0.102. The molecule has 1 fully saturated rings. The van der Waals surface area contributed by atoms with E-state index in [2.05, 4.69) is 20.2 Å². The second kappa shape index (κ2) is 5.91. The maximum atomic E-state index is 12.1. The molecule has 0 bridgehead atoms. The van der Waals surface area contributed by atoms with Crippen LogP contribution in [0.2, 0.25) is 0 Å². The van der Waals surface area contributed by atoms with E-state index < -0.39 is 0 Å². The predicted octanol–water partition coefficient (Wildman–Crippen LogP) is 2.64. The summed E-state index contributed by atoms with van der Waals surface area (Å²) in [6.45, 7) is 3.98. The van der Waals surface area contributed by atoms with Crippen molar-refractivity contribution in [2.45, 2.75) is 19.8 Å². The summed E-state index contributed by atoms with van der Waals surface area (Å²) >= 11 is 0. The number of nitrogens with one attached hydrogen (secondary N) is 1. The molecule has 1 aliphatic rings. The van der Waals surface area contributed by atoms with E-state index in [-0.39, 0.29) is 5.91 Å². The number of nitrogens with zero attached hydrogens (tertiary/aromatic N) is 3. The van der Waals surface area contributed by atoms with Crippen molar-refractivity contribution in [1.82, 2.24) is 9.97 Å². The summed E-state index contributed by atoms with van der Waals surface area (Å²) in [7, 11) is 0. The number of aryl methyl sites for hydroxylation is 1. The Morgan fingerprint density at radius 2 is 1.90 bits per heavy atom. The van der Waals surface area contributed by atoms with Crippen LogP contribution in [0.15, 0.2) is 36.7 Å². The minimum absolute atomic E-state index is 0.142. The van der Waals surface area contributed by atoms with Crippen LogP contribution in [0.5, 0.6) is 0 Å². The van der Waals surface area contributed by atoms with Crippen molar-refractivity contribution in [1.29, 1.82) is 0 Å². The highest BCUT2D eigenvalue weighted by atomic mass is 16.1. The third-order valence-electron chi connectivity index (χ3n) is 3.57. The maximum Gasteiger partial charge on any atom is 0.255 e. The van der Waals surface area contributed by atoms with Crippen molar-refractivity contribution in [3.63, 3.8) is 0 Å². The number of aromatic nitrogens is 2. The fourth-order valence-electron chi connectivity index (χ4n) is 2.46. The molecule has 2 aromatic rings. The highest BCUT2D eigenvalue weighted by Gasteiger charge is 2.14. The topological polar surface area (TPSA) is 58.1 Å². The summed E-state index contributed by atoms with van der Waals surface area (Å²) in [5, 5.41) is 2.82. The van der Waals surface area contributed by atoms with Gasteiger partial charge < -0.3 is 10.2 Å². The van der Waals surface area contributed by atoms with Crippen LogP contribution in [0.1, 0.15) is 28.8 Å². The molecule has 2 heterocycles. The molecule has 3 rings (SSSR count). The second-order valence-electron chi connectivity index (χ2n) is 5.29. The predicted molar refractivity (Wildman–Crippen MR) is 82.6 cm³/mol. The average Bonchev–Trinajstić information content (AvgIpc) is 3.02. The molecule has 1 aromatic carbocycles. The van der Waals surface area contributed by atoms with E-state index in [1.807, 2.05) is 25.1 Å². The molecule has 21 heavy (non-hydrogen) atoms.